The Kier molecular flexibility index (Phi) is 17.2. The molecule has 234 valence electrons. The van der Waals surface area contributed by atoms with Gasteiger partial charge in [0.2, 0.25) is 0 Å². The molecule has 2 aromatic heterocycles. The van der Waals surface area contributed by atoms with Gasteiger partial charge in [-0.15, -0.1) is 0 Å². The number of benzene rings is 1. The molecule has 1 fully saturated rings. The molecule has 9 nitrogen and oxygen atoms in total. The van der Waals surface area contributed by atoms with Crippen molar-refractivity contribution in [2.24, 2.45) is 0 Å². The second-order valence-corrected chi connectivity index (χ2v) is 10.2. The number of aryl methyl sites for hydroxylation is 2. The Balaban J connectivity index is 0.00000138. The molecule has 0 N–H and O–H groups in total. The summed E-state index contributed by atoms with van der Waals surface area (Å²) in [6, 6.07) is 7.58. The van der Waals surface area contributed by atoms with Crippen molar-refractivity contribution in [1.82, 2.24) is 19.9 Å². The van der Waals surface area contributed by atoms with Crippen molar-refractivity contribution in [3.05, 3.63) is 51.9 Å². The van der Waals surface area contributed by atoms with Gasteiger partial charge in [-0.3, -0.25) is 9.69 Å². The third-order valence-electron chi connectivity index (χ3n) is 6.30. The maximum atomic E-state index is 13.2. The highest BCUT2D eigenvalue weighted by Gasteiger charge is 2.23. The van der Waals surface area contributed by atoms with Gasteiger partial charge in [0.15, 0.2) is 5.01 Å². The lowest BCUT2D eigenvalue weighted by Gasteiger charge is -2.35. The normalized spacial score (nSPS) is 12.6. The maximum absolute atomic E-state index is 13.2. The van der Waals surface area contributed by atoms with Crippen LogP contribution in [0.2, 0.25) is 5.02 Å². The number of carbonyl (C=O) groups is 1. The third-order valence-corrected chi connectivity index (χ3v) is 7.66. The Morgan fingerprint density at radius 2 is 1.67 bits per heavy atom. The largest absolute Gasteiger partial charge is 0.383 e. The lowest BCUT2D eigenvalue weighted by Crippen LogP contribution is -2.47. The zero-order valence-electron chi connectivity index (χ0n) is 27.4. The summed E-state index contributed by atoms with van der Waals surface area (Å²) < 4.78 is 5.20. The second kappa shape index (κ2) is 19.4. The van der Waals surface area contributed by atoms with Crippen LogP contribution in [0.4, 0.5) is 22.3 Å². The Morgan fingerprint density at radius 1 is 1.02 bits per heavy atom. The molecule has 0 spiro atoms. The lowest BCUT2D eigenvalue weighted by atomic mass is 10.2. The monoisotopic (exact) mass is 619 g/mol. The van der Waals surface area contributed by atoms with Crippen LogP contribution in [0.5, 0.6) is 0 Å². The summed E-state index contributed by atoms with van der Waals surface area (Å²) in [7, 11) is 5.38. The molecule has 0 saturated carbocycles. The molecule has 11 heteroatoms. The molecule has 1 amide bonds. The van der Waals surface area contributed by atoms with E-state index in [1.54, 1.807) is 31.3 Å². The number of anilines is 4. The van der Waals surface area contributed by atoms with Crippen LogP contribution in [0.25, 0.3) is 0 Å². The Labute approximate surface area is 262 Å². The number of aromatic nitrogens is 3. The van der Waals surface area contributed by atoms with E-state index in [0.717, 1.165) is 61.5 Å². The van der Waals surface area contributed by atoms with Gasteiger partial charge < -0.3 is 19.4 Å². The average Bonchev–Trinajstić information content (AvgIpc) is 3.52. The number of amides is 1. The maximum Gasteiger partial charge on any atom is 0.287 e. The zero-order valence-corrected chi connectivity index (χ0v) is 28.9. The number of thiazole rings is 1. The van der Waals surface area contributed by atoms with E-state index in [2.05, 4.69) is 24.8 Å². The number of methoxy groups -OCH3 is 1. The number of para-hydroxylation sites is 1. The predicted molar refractivity (Wildman–Crippen MR) is 180 cm³/mol. The lowest BCUT2D eigenvalue weighted by molar-refractivity contribution is 0.0992. The van der Waals surface area contributed by atoms with Crippen LogP contribution in [0, 0.1) is 13.8 Å². The van der Waals surface area contributed by atoms with E-state index < -0.39 is 0 Å². The quantitative estimate of drug-likeness (QED) is 0.264. The summed E-state index contributed by atoms with van der Waals surface area (Å²) in [6.45, 7) is 21.3. The zero-order chi connectivity index (χ0) is 31.8. The molecule has 0 radical (unpaired) electrons. The molecule has 0 bridgehead atoms. The fraction of sp³-hybridized carbons (Fsp3) is 0.548. The van der Waals surface area contributed by atoms with Crippen LogP contribution >= 0.6 is 22.9 Å². The summed E-state index contributed by atoms with van der Waals surface area (Å²) in [5.41, 5.74) is 1.61. The van der Waals surface area contributed by atoms with E-state index >= 15 is 0 Å². The average molecular weight is 620 g/mol. The molecule has 0 unspecified atom stereocenters. The van der Waals surface area contributed by atoms with Gasteiger partial charge in [0.1, 0.15) is 22.5 Å². The van der Waals surface area contributed by atoms with Crippen LogP contribution in [0.1, 0.15) is 62.7 Å². The highest BCUT2D eigenvalue weighted by Crippen LogP contribution is 2.33. The first-order valence-corrected chi connectivity index (χ1v) is 16.0. The van der Waals surface area contributed by atoms with Gasteiger partial charge >= 0.3 is 0 Å². The SMILES string of the molecule is CC.CC.CC.COCCN1CCN(c2cc(N(C)c3cnc(C(=O)N(C)c4c(C)cccc4Cl)s3)nc(C)n2)CC1. The van der Waals surface area contributed by atoms with Gasteiger partial charge in [-0.05, 0) is 25.5 Å². The number of hydrogen-bond acceptors (Lipinski definition) is 9. The highest BCUT2D eigenvalue weighted by atomic mass is 35.5. The van der Waals surface area contributed by atoms with Crippen molar-refractivity contribution in [1.29, 1.82) is 0 Å². The minimum atomic E-state index is -0.207. The van der Waals surface area contributed by atoms with Crippen molar-refractivity contribution in [2.75, 3.05) is 75.2 Å². The van der Waals surface area contributed by atoms with E-state index in [0.29, 0.717) is 21.5 Å². The number of hydrogen-bond donors (Lipinski definition) is 0. The molecule has 1 aliphatic heterocycles. The molecule has 3 aromatic rings. The first kappa shape index (κ1) is 37.2. The van der Waals surface area contributed by atoms with Crippen molar-refractivity contribution in [3.63, 3.8) is 0 Å². The molecule has 4 rings (SSSR count). The molecule has 0 atom stereocenters. The predicted octanol–water partition coefficient (Wildman–Crippen LogP) is 7.09. The van der Waals surface area contributed by atoms with Crippen LogP contribution in [0.15, 0.2) is 30.5 Å². The summed E-state index contributed by atoms with van der Waals surface area (Å²) in [5.74, 6) is 2.16. The van der Waals surface area contributed by atoms with E-state index in [-0.39, 0.29) is 5.91 Å². The molecule has 42 heavy (non-hydrogen) atoms. The van der Waals surface area contributed by atoms with Crippen molar-refractivity contribution < 1.29 is 9.53 Å². The molecule has 3 heterocycles. The fourth-order valence-electron chi connectivity index (χ4n) is 4.22. The molecule has 1 aliphatic rings. The van der Waals surface area contributed by atoms with Crippen molar-refractivity contribution in [3.8, 4) is 0 Å². The summed E-state index contributed by atoms with van der Waals surface area (Å²) in [4.78, 5) is 35.1. The van der Waals surface area contributed by atoms with Crippen LogP contribution < -0.4 is 14.7 Å². The third kappa shape index (κ3) is 9.90. The van der Waals surface area contributed by atoms with E-state index in [4.69, 9.17) is 16.3 Å². The smallest absolute Gasteiger partial charge is 0.287 e. The Bertz CT molecular complexity index is 1200. The topological polar surface area (TPSA) is 77.9 Å². The minimum Gasteiger partial charge on any atom is -0.383 e. The first-order valence-electron chi connectivity index (χ1n) is 14.8. The van der Waals surface area contributed by atoms with E-state index in [1.165, 1.54) is 11.3 Å². The van der Waals surface area contributed by atoms with Gasteiger partial charge in [-0.1, -0.05) is 76.6 Å². The number of rotatable bonds is 8. The number of ether oxygens (including phenoxy) is 1. The van der Waals surface area contributed by atoms with Gasteiger partial charge in [0, 0.05) is 60.0 Å². The van der Waals surface area contributed by atoms with Crippen LogP contribution in [0.3, 0.4) is 0 Å². The molecule has 1 aromatic carbocycles. The fourth-order valence-corrected chi connectivity index (χ4v) is 5.43. The van der Waals surface area contributed by atoms with Crippen molar-refractivity contribution in [2.45, 2.75) is 55.4 Å². The number of carbonyl (C=O) groups excluding carboxylic acids is 1. The molecule has 1 saturated heterocycles. The number of halogens is 1. The Hall–Kier alpha value is -2.79. The minimum absolute atomic E-state index is 0.207. The molecular formula is C31H50ClN7O2S. The second-order valence-electron chi connectivity index (χ2n) is 8.79. The summed E-state index contributed by atoms with van der Waals surface area (Å²) in [6.07, 6.45) is 1.71. The highest BCUT2D eigenvalue weighted by molar-refractivity contribution is 7.17. The van der Waals surface area contributed by atoms with E-state index in [9.17, 15) is 4.79 Å². The Morgan fingerprint density at radius 3 is 2.26 bits per heavy atom. The first-order chi connectivity index (χ1) is 20.3. The summed E-state index contributed by atoms with van der Waals surface area (Å²) in [5, 5.41) is 1.73. The van der Waals surface area contributed by atoms with Gasteiger partial charge in [-0.2, -0.15) is 0 Å². The standard InChI is InChI=1S/C25H32ClN7O2S.3C2H6/c1-17-7-6-8-19(26)23(17)31(4)25(34)24-27-16-22(36-24)30(3)20-15-21(29-18(2)28-20)33-11-9-32(10-12-33)13-14-35-5;3*1-2/h6-8,15-16H,9-14H2,1-5H3;3*1-2H3. The van der Waals surface area contributed by atoms with Gasteiger partial charge in [0.25, 0.3) is 5.91 Å². The number of nitrogens with zero attached hydrogens (tertiary/aromatic N) is 7. The van der Waals surface area contributed by atoms with Gasteiger partial charge in [-0.25, -0.2) is 15.0 Å². The van der Waals surface area contributed by atoms with Crippen molar-refractivity contribution >= 4 is 51.2 Å². The van der Waals surface area contributed by atoms with Crippen LogP contribution in [-0.4, -0.2) is 86.3 Å². The van der Waals surface area contributed by atoms with E-state index in [1.807, 2.05) is 85.5 Å². The van der Waals surface area contributed by atoms with Crippen LogP contribution in [-0.2, 0) is 4.74 Å². The molecule has 0 aliphatic carbocycles. The number of piperazine rings is 1. The molecular weight excluding hydrogens is 570 g/mol. The van der Waals surface area contributed by atoms with Gasteiger partial charge in [0.05, 0.1) is 23.5 Å². The summed E-state index contributed by atoms with van der Waals surface area (Å²) >= 11 is 7.69.